The third kappa shape index (κ3) is 2.44. The summed E-state index contributed by atoms with van der Waals surface area (Å²) >= 11 is 0. The molecule has 0 aromatic heterocycles. The highest BCUT2D eigenvalue weighted by Gasteiger charge is 2.15. The number of hydrogen-bond donors (Lipinski definition) is 2. The Morgan fingerprint density at radius 1 is 1.56 bits per heavy atom. The van der Waals surface area contributed by atoms with Gasteiger partial charge < -0.3 is 15.8 Å². The lowest BCUT2D eigenvalue weighted by atomic mass is 10.1. The van der Waals surface area contributed by atoms with Crippen LogP contribution in [0.25, 0.3) is 0 Å². The molecule has 0 unspecified atom stereocenters. The first-order valence-electron chi connectivity index (χ1n) is 5.44. The Morgan fingerprint density at radius 3 is 3.12 bits per heavy atom. The average Bonchev–Trinajstić information content (AvgIpc) is 2.80. The zero-order valence-corrected chi connectivity index (χ0v) is 9.07. The molecular formula is C12H15N3O. The molecule has 0 amide bonds. The molecule has 3 N–H and O–H groups in total. The predicted molar refractivity (Wildman–Crippen MR) is 63.0 cm³/mol. The summed E-state index contributed by atoms with van der Waals surface area (Å²) in [5.41, 5.74) is 7.64. The number of nitrogens with two attached hydrogens (primary N) is 1. The first-order chi connectivity index (χ1) is 7.79. The minimum atomic E-state index is 0.268. The summed E-state index contributed by atoms with van der Waals surface area (Å²) in [5.74, 6) is 0. The van der Waals surface area contributed by atoms with Gasteiger partial charge in [0.1, 0.15) is 6.07 Å². The van der Waals surface area contributed by atoms with Gasteiger partial charge in [0, 0.05) is 18.8 Å². The van der Waals surface area contributed by atoms with Crippen LogP contribution in [0.5, 0.6) is 0 Å². The lowest BCUT2D eigenvalue weighted by Gasteiger charge is -2.13. The maximum atomic E-state index is 8.96. The molecule has 1 heterocycles. The third-order valence-electron chi connectivity index (χ3n) is 2.71. The maximum absolute atomic E-state index is 8.96. The summed E-state index contributed by atoms with van der Waals surface area (Å²) in [4.78, 5) is 0. The lowest BCUT2D eigenvalue weighted by molar-refractivity contribution is 0.120. The normalized spacial score (nSPS) is 19.3. The minimum absolute atomic E-state index is 0.268. The molecule has 1 fully saturated rings. The smallest absolute Gasteiger partial charge is 0.101 e. The lowest BCUT2D eigenvalue weighted by Crippen LogP contribution is -2.18. The predicted octanol–water partition coefficient (Wildman–Crippen LogP) is 1.73. The van der Waals surface area contributed by atoms with Crippen LogP contribution in [0.2, 0.25) is 0 Å². The van der Waals surface area contributed by atoms with Crippen LogP contribution >= 0.6 is 0 Å². The molecule has 0 radical (unpaired) electrons. The second-order valence-corrected chi connectivity index (χ2v) is 3.93. The molecule has 84 valence electrons. The number of rotatable bonds is 3. The van der Waals surface area contributed by atoms with Gasteiger partial charge in [-0.15, -0.1) is 0 Å². The van der Waals surface area contributed by atoms with E-state index in [1.54, 1.807) is 12.1 Å². The molecule has 0 spiro atoms. The van der Waals surface area contributed by atoms with Crippen molar-refractivity contribution in [3.05, 3.63) is 23.8 Å². The van der Waals surface area contributed by atoms with Gasteiger partial charge in [-0.3, -0.25) is 0 Å². The largest absolute Gasteiger partial charge is 0.399 e. The number of anilines is 2. The Balaban J connectivity index is 2.00. The molecular weight excluding hydrogens is 202 g/mol. The molecule has 2 rings (SSSR count). The first-order valence-corrected chi connectivity index (χ1v) is 5.44. The van der Waals surface area contributed by atoms with Crippen molar-refractivity contribution in [3.8, 4) is 6.07 Å². The highest BCUT2D eigenvalue weighted by molar-refractivity contribution is 5.62. The fraction of sp³-hybridized carbons (Fsp3) is 0.417. The molecule has 0 saturated carbocycles. The zero-order chi connectivity index (χ0) is 11.4. The average molecular weight is 217 g/mol. The van der Waals surface area contributed by atoms with Crippen LogP contribution in [-0.2, 0) is 4.74 Å². The molecule has 0 aliphatic carbocycles. The Labute approximate surface area is 95.0 Å². The summed E-state index contributed by atoms with van der Waals surface area (Å²) in [6, 6.07) is 7.43. The Hall–Kier alpha value is -1.73. The summed E-state index contributed by atoms with van der Waals surface area (Å²) in [5, 5.41) is 12.2. The highest BCUT2D eigenvalue weighted by Crippen LogP contribution is 2.19. The van der Waals surface area contributed by atoms with E-state index in [1.807, 2.05) is 6.07 Å². The van der Waals surface area contributed by atoms with Crippen molar-refractivity contribution in [1.82, 2.24) is 0 Å². The number of nitrogens with zero attached hydrogens (tertiary/aromatic N) is 1. The van der Waals surface area contributed by atoms with E-state index in [2.05, 4.69) is 11.4 Å². The van der Waals surface area contributed by atoms with Gasteiger partial charge in [0.25, 0.3) is 0 Å². The summed E-state index contributed by atoms with van der Waals surface area (Å²) in [6.07, 6.45) is 2.48. The van der Waals surface area contributed by atoms with Crippen molar-refractivity contribution in [1.29, 1.82) is 5.26 Å². The van der Waals surface area contributed by atoms with Crippen molar-refractivity contribution in [2.75, 3.05) is 24.2 Å². The van der Waals surface area contributed by atoms with Gasteiger partial charge in [0.05, 0.1) is 17.4 Å². The van der Waals surface area contributed by atoms with E-state index < -0.39 is 0 Å². The van der Waals surface area contributed by atoms with E-state index in [0.717, 1.165) is 31.7 Å². The van der Waals surface area contributed by atoms with E-state index >= 15 is 0 Å². The Kier molecular flexibility index (Phi) is 3.28. The molecule has 1 aliphatic heterocycles. The van der Waals surface area contributed by atoms with Crippen molar-refractivity contribution in [3.63, 3.8) is 0 Å². The topological polar surface area (TPSA) is 71.1 Å². The van der Waals surface area contributed by atoms with Crippen LogP contribution < -0.4 is 11.1 Å². The molecule has 16 heavy (non-hydrogen) atoms. The van der Waals surface area contributed by atoms with Gasteiger partial charge in [0.2, 0.25) is 0 Å². The fourth-order valence-electron chi connectivity index (χ4n) is 1.84. The van der Waals surface area contributed by atoms with Crippen LogP contribution in [0.4, 0.5) is 11.4 Å². The summed E-state index contributed by atoms with van der Waals surface area (Å²) in [7, 11) is 0. The zero-order valence-electron chi connectivity index (χ0n) is 9.07. The Bertz CT molecular complexity index is 405. The van der Waals surface area contributed by atoms with Crippen LogP contribution in [0.1, 0.15) is 18.4 Å². The summed E-state index contributed by atoms with van der Waals surface area (Å²) in [6.45, 7) is 1.60. The van der Waals surface area contributed by atoms with Crippen molar-refractivity contribution in [2.45, 2.75) is 18.9 Å². The van der Waals surface area contributed by atoms with E-state index in [0.29, 0.717) is 11.3 Å². The number of benzene rings is 1. The number of ether oxygens (including phenoxy) is 1. The Morgan fingerprint density at radius 2 is 2.44 bits per heavy atom. The number of nitriles is 1. The van der Waals surface area contributed by atoms with Crippen molar-refractivity contribution < 1.29 is 4.74 Å². The van der Waals surface area contributed by atoms with Crippen LogP contribution in [0.15, 0.2) is 18.2 Å². The van der Waals surface area contributed by atoms with Gasteiger partial charge in [-0.2, -0.15) is 5.26 Å². The molecule has 4 nitrogen and oxygen atoms in total. The number of hydrogen-bond acceptors (Lipinski definition) is 4. The van der Waals surface area contributed by atoms with E-state index in [9.17, 15) is 0 Å². The molecule has 1 aliphatic rings. The quantitative estimate of drug-likeness (QED) is 0.756. The van der Waals surface area contributed by atoms with Gasteiger partial charge in [-0.25, -0.2) is 0 Å². The van der Waals surface area contributed by atoms with Gasteiger partial charge in [-0.1, -0.05) is 0 Å². The minimum Gasteiger partial charge on any atom is -0.399 e. The summed E-state index contributed by atoms with van der Waals surface area (Å²) < 4.78 is 5.50. The first kappa shape index (κ1) is 10.8. The second kappa shape index (κ2) is 4.86. The number of nitrogens with one attached hydrogen (secondary N) is 1. The van der Waals surface area contributed by atoms with E-state index in [4.69, 9.17) is 15.7 Å². The van der Waals surface area contributed by atoms with Crippen LogP contribution in [-0.4, -0.2) is 19.3 Å². The van der Waals surface area contributed by atoms with Crippen LogP contribution in [0.3, 0.4) is 0 Å². The van der Waals surface area contributed by atoms with Crippen LogP contribution in [0, 0.1) is 11.3 Å². The van der Waals surface area contributed by atoms with Crippen molar-refractivity contribution in [2.24, 2.45) is 0 Å². The van der Waals surface area contributed by atoms with Crippen molar-refractivity contribution >= 4 is 11.4 Å². The molecule has 1 aromatic rings. The molecule has 1 atom stereocenters. The highest BCUT2D eigenvalue weighted by atomic mass is 16.5. The van der Waals surface area contributed by atoms with E-state index in [-0.39, 0.29) is 6.10 Å². The molecule has 1 aromatic carbocycles. The molecule has 0 bridgehead atoms. The third-order valence-corrected chi connectivity index (χ3v) is 2.71. The monoisotopic (exact) mass is 217 g/mol. The van der Waals surface area contributed by atoms with Gasteiger partial charge >= 0.3 is 0 Å². The van der Waals surface area contributed by atoms with E-state index in [1.165, 1.54) is 0 Å². The SMILES string of the molecule is N#Cc1cc(N)ccc1NC[C@@H]1CCCO1. The maximum Gasteiger partial charge on any atom is 0.101 e. The van der Waals surface area contributed by atoms with Gasteiger partial charge in [-0.05, 0) is 31.0 Å². The molecule has 1 saturated heterocycles. The standard InChI is InChI=1S/C12H15N3O/c13-7-9-6-10(14)3-4-12(9)15-8-11-2-1-5-16-11/h3-4,6,11,15H,1-2,5,8,14H2/t11-/m0/s1. The number of nitrogen functional groups attached to an aromatic ring is 1. The fourth-order valence-corrected chi connectivity index (χ4v) is 1.84. The van der Waals surface area contributed by atoms with Gasteiger partial charge in [0.15, 0.2) is 0 Å². The second-order valence-electron chi connectivity index (χ2n) is 3.93. The molecule has 4 heteroatoms.